The third-order valence-electron chi connectivity index (χ3n) is 3.28. The number of aliphatic hydroxyl groups excluding tert-OH is 2. The fraction of sp³-hybridized carbons (Fsp3) is 0.111. The molecule has 6 heteroatoms. The molecule has 0 amide bonds. The van der Waals surface area contributed by atoms with Crippen LogP contribution in [0.5, 0.6) is 0 Å². The first-order valence-electron chi connectivity index (χ1n) is 7.27. The molecule has 124 valence electrons. The van der Waals surface area contributed by atoms with Crippen LogP contribution in [-0.2, 0) is 6.61 Å². The van der Waals surface area contributed by atoms with E-state index >= 15 is 0 Å². The first-order chi connectivity index (χ1) is 11.6. The van der Waals surface area contributed by atoms with Gasteiger partial charge in [0.2, 0.25) is 0 Å². The summed E-state index contributed by atoms with van der Waals surface area (Å²) in [5.74, 6) is 0.0316. The molecule has 1 heterocycles. The van der Waals surface area contributed by atoms with Gasteiger partial charge in [-0.15, -0.1) is 6.58 Å². The zero-order valence-corrected chi connectivity index (χ0v) is 15.3. The largest absolute Gasteiger partial charge is 0.502 e. The van der Waals surface area contributed by atoms with Crippen LogP contribution in [0.2, 0.25) is 0 Å². The predicted molar refractivity (Wildman–Crippen MR) is 103 cm³/mol. The van der Waals surface area contributed by atoms with Crippen molar-refractivity contribution in [2.45, 2.75) is 6.61 Å². The maximum absolute atomic E-state index is 10.9. The minimum atomic E-state index is -0.100. The van der Waals surface area contributed by atoms with Gasteiger partial charge in [0.25, 0.3) is 5.70 Å². The Balaban J connectivity index is 2.61. The molecule has 1 aromatic carbocycles. The predicted octanol–water partition coefficient (Wildman–Crippen LogP) is 3.22. The van der Waals surface area contributed by atoms with E-state index in [1.54, 1.807) is 41.2 Å². The maximum Gasteiger partial charge on any atom is 0.288 e. The summed E-state index contributed by atoms with van der Waals surface area (Å²) in [5, 5.41) is 23.3. The number of nitrogens with one attached hydrogen (secondary N) is 1. The molecule has 0 bridgehead atoms. The normalized spacial score (nSPS) is 11.6. The fourth-order valence-electron chi connectivity index (χ4n) is 2.13. The second-order valence-electron chi connectivity index (χ2n) is 4.95. The molecular formula is C18H18BrN2O2S+. The zero-order chi connectivity index (χ0) is 17.5. The third-order valence-corrected chi connectivity index (χ3v) is 4.31. The number of aliphatic hydroxyl groups is 2. The maximum atomic E-state index is 10.9. The topological polar surface area (TPSA) is 56.4 Å². The monoisotopic (exact) mass is 405 g/mol. The Labute approximate surface area is 154 Å². The quantitative estimate of drug-likeness (QED) is 0.227. The first-order valence-corrected chi connectivity index (χ1v) is 8.47. The van der Waals surface area contributed by atoms with Gasteiger partial charge in [0.05, 0.1) is 6.61 Å². The van der Waals surface area contributed by atoms with E-state index < -0.39 is 0 Å². The number of aromatic nitrogens is 1. The molecule has 0 radical (unpaired) electrons. The van der Waals surface area contributed by atoms with E-state index in [9.17, 15) is 10.2 Å². The molecule has 0 aliphatic rings. The summed E-state index contributed by atoms with van der Waals surface area (Å²) < 4.78 is 2.45. The van der Waals surface area contributed by atoms with Gasteiger partial charge in [-0.3, -0.25) is 0 Å². The highest BCUT2D eigenvalue weighted by Crippen LogP contribution is 2.25. The standard InChI is InChI=1S/C18H17BrN2O2S/c1-2-9-20-18(24)16(21-10-5-6-13(11-21)12-22)17(23)14-7-3-4-8-15(14)19/h2-8,10-11,22H,1,9,12H2,(H-,20,23,24)/p+1. The second kappa shape index (κ2) is 8.73. The zero-order valence-electron chi connectivity index (χ0n) is 12.9. The van der Waals surface area contributed by atoms with Gasteiger partial charge in [0, 0.05) is 28.2 Å². The third kappa shape index (κ3) is 4.29. The van der Waals surface area contributed by atoms with E-state index in [0.717, 1.165) is 4.47 Å². The van der Waals surface area contributed by atoms with Gasteiger partial charge in [-0.1, -0.05) is 46.4 Å². The minimum absolute atomic E-state index is 0.0316. The Morgan fingerprint density at radius 2 is 2.04 bits per heavy atom. The number of hydrogen-bond donors (Lipinski definition) is 3. The van der Waals surface area contributed by atoms with Crippen LogP contribution in [0.25, 0.3) is 11.5 Å². The smallest absolute Gasteiger partial charge is 0.288 e. The van der Waals surface area contributed by atoms with E-state index in [1.165, 1.54) is 0 Å². The van der Waals surface area contributed by atoms with Crippen LogP contribution in [0.3, 0.4) is 0 Å². The Bertz CT molecular complexity index is 790. The van der Waals surface area contributed by atoms with Gasteiger partial charge in [-0.2, -0.15) is 4.57 Å². The lowest BCUT2D eigenvalue weighted by atomic mass is 10.1. The number of nitrogens with zero attached hydrogens (tertiary/aromatic N) is 1. The molecule has 1 aromatic heterocycles. The molecule has 0 fully saturated rings. The molecule has 0 aliphatic carbocycles. The number of benzene rings is 1. The highest BCUT2D eigenvalue weighted by molar-refractivity contribution is 9.10. The summed E-state index contributed by atoms with van der Waals surface area (Å²) in [6.45, 7) is 4.04. The number of hydrogen-bond acceptors (Lipinski definition) is 3. The van der Waals surface area contributed by atoms with Crippen LogP contribution in [0, 0.1) is 0 Å². The molecule has 4 nitrogen and oxygen atoms in total. The van der Waals surface area contributed by atoms with Gasteiger partial charge >= 0.3 is 0 Å². The number of rotatable bonds is 6. The van der Waals surface area contributed by atoms with Crippen molar-refractivity contribution in [2.24, 2.45) is 0 Å². The average Bonchev–Trinajstić information content (AvgIpc) is 2.60. The van der Waals surface area contributed by atoms with E-state index in [2.05, 4.69) is 27.8 Å². The van der Waals surface area contributed by atoms with Crippen LogP contribution >= 0.6 is 28.1 Å². The molecule has 24 heavy (non-hydrogen) atoms. The lowest BCUT2D eigenvalue weighted by Gasteiger charge is -2.10. The molecule has 0 saturated carbocycles. The van der Waals surface area contributed by atoms with Crippen LogP contribution < -0.4 is 9.88 Å². The number of pyridine rings is 1. The van der Waals surface area contributed by atoms with Gasteiger partial charge in [-0.05, 0) is 18.2 Å². The highest BCUT2D eigenvalue weighted by Gasteiger charge is 2.24. The van der Waals surface area contributed by atoms with Crippen molar-refractivity contribution in [2.75, 3.05) is 6.54 Å². The SMILES string of the molecule is C=CCNC(=S)/C(=C(\O)c1ccccc1Br)[n+]1cccc(CO)c1. The Kier molecular flexibility index (Phi) is 6.66. The van der Waals surface area contributed by atoms with Gasteiger partial charge in [0.1, 0.15) is 0 Å². The van der Waals surface area contributed by atoms with Crippen molar-refractivity contribution >= 4 is 44.6 Å². The minimum Gasteiger partial charge on any atom is -0.502 e. The van der Waals surface area contributed by atoms with E-state index in [4.69, 9.17) is 12.2 Å². The molecule has 2 rings (SSSR count). The molecule has 3 N–H and O–H groups in total. The summed E-state index contributed by atoms with van der Waals surface area (Å²) in [6, 6.07) is 10.9. The lowest BCUT2D eigenvalue weighted by Crippen LogP contribution is -2.41. The summed E-state index contributed by atoms with van der Waals surface area (Å²) in [7, 11) is 0. The number of thiocarbonyl (C=S) groups is 1. The molecule has 0 spiro atoms. The van der Waals surface area contributed by atoms with E-state index in [-0.39, 0.29) is 12.4 Å². The van der Waals surface area contributed by atoms with Crippen LogP contribution in [0.15, 0.2) is 65.9 Å². The van der Waals surface area contributed by atoms with Gasteiger partial charge in [0.15, 0.2) is 23.1 Å². The summed E-state index contributed by atoms with van der Waals surface area (Å²) in [6.07, 6.45) is 5.18. The molecule has 0 unspecified atom stereocenters. The van der Waals surface area contributed by atoms with Crippen molar-refractivity contribution in [1.29, 1.82) is 0 Å². The molecular weight excluding hydrogens is 388 g/mol. The van der Waals surface area contributed by atoms with Crippen molar-refractivity contribution < 1.29 is 14.8 Å². The van der Waals surface area contributed by atoms with Crippen LogP contribution in [0.4, 0.5) is 0 Å². The van der Waals surface area contributed by atoms with Crippen molar-refractivity contribution in [3.63, 3.8) is 0 Å². The molecule has 0 saturated heterocycles. The van der Waals surface area contributed by atoms with E-state index in [1.807, 2.05) is 18.2 Å². The lowest BCUT2D eigenvalue weighted by molar-refractivity contribution is -0.576. The van der Waals surface area contributed by atoms with Crippen molar-refractivity contribution in [1.82, 2.24) is 5.32 Å². The Hall–Kier alpha value is -2.02. The molecule has 0 atom stereocenters. The van der Waals surface area contributed by atoms with Crippen LogP contribution in [0.1, 0.15) is 11.1 Å². The van der Waals surface area contributed by atoms with Crippen molar-refractivity contribution in [3.8, 4) is 0 Å². The summed E-state index contributed by atoms with van der Waals surface area (Å²) in [4.78, 5) is 0.378. The summed E-state index contributed by atoms with van der Waals surface area (Å²) in [5.41, 5.74) is 1.76. The van der Waals surface area contributed by atoms with Crippen molar-refractivity contribution in [3.05, 3.63) is 77.0 Å². The number of halogens is 1. The Morgan fingerprint density at radius 3 is 2.71 bits per heavy atom. The Morgan fingerprint density at radius 1 is 1.29 bits per heavy atom. The second-order valence-corrected chi connectivity index (χ2v) is 6.22. The first kappa shape index (κ1) is 18.3. The van der Waals surface area contributed by atoms with Crippen LogP contribution in [-0.4, -0.2) is 21.7 Å². The van der Waals surface area contributed by atoms with E-state index in [0.29, 0.717) is 28.4 Å². The summed E-state index contributed by atoms with van der Waals surface area (Å²) >= 11 is 8.89. The average molecular weight is 406 g/mol. The molecule has 0 aliphatic heterocycles. The molecule has 2 aromatic rings. The highest BCUT2D eigenvalue weighted by atomic mass is 79.9. The van der Waals surface area contributed by atoms with Gasteiger partial charge in [-0.25, -0.2) is 0 Å². The fourth-order valence-corrected chi connectivity index (χ4v) is 2.89. The van der Waals surface area contributed by atoms with Gasteiger partial charge < -0.3 is 15.5 Å².